The summed E-state index contributed by atoms with van der Waals surface area (Å²) in [5.74, 6) is 1.51. The van der Waals surface area contributed by atoms with E-state index in [-0.39, 0.29) is 17.9 Å². The van der Waals surface area contributed by atoms with Gasteiger partial charge in [-0.15, -0.1) is 0 Å². The van der Waals surface area contributed by atoms with E-state index in [1.165, 1.54) is 5.56 Å². The molecule has 30 heavy (non-hydrogen) atoms. The van der Waals surface area contributed by atoms with Gasteiger partial charge < -0.3 is 14.8 Å². The Bertz CT molecular complexity index is 945. The van der Waals surface area contributed by atoms with Crippen LogP contribution in [-0.4, -0.2) is 19.1 Å². The molecule has 4 heteroatoms. The minimum absolute atomic E-state index is 0.0340. The van der Waals surface area contributed by atoms with Crippen LogP contribution in [0, 0.1) is 6.92 Å². The lowest BCUT2D eigenvalue weighted by atomic mass is 9.88. The number of hydrogen-bond donors (Lipinski definition) is 1. The fourth-order valence-electron chi connectivity index (χ4n) is 3.35. The Balaban J connectivity index is 1.80. The molecule has 3 rings (SSSR count). The number of nitrogens with one attached hydrogen (secondary N) is 1. The van der Waals surface area contributed by atoms with Crippen LogP contribution in [0.5, 0.6) is 11.5 Å². The van der Waals surface area contributed by atoms with Crippen LogP contribution in [0.2, 0.25) is 0 Å². The second-order valence-corrected chi connectivity index (χ2v) is 7.68. The first-order chi connectivity index (χ1) is 14.4. The molecule has 0 aromatic heterocycles. The summed E-state index contributed by atoms with van der Waals surface area (Å²) in [5.41, 5.74) is 4.15. The third-order valence-corrected chi connectivity index (χ3v) is 4.90. The zero-order valence-electron chi connectivity index (χ0n) is 18.0. The van der Waals surface area contributed by atoms with Gasteiger partial charge in [0, 0.05) is 18.0 Å². The van der Waals surface area contributed by atoms with Crippen LogP contribution < -0.4 is 14.8 Å². The van der Waals surface area contributed by atoms with Crippen LogP contribution in [-0.2, 0) is 4.79 Å². The van der Waals surface area contributed by atoms with Crippen LogP contribution in [0.25, 0.3) is 0 Å². The number of anilines is 1. The number of aryl methyl sites for hydroxylation is 1. The maximum atomic E-state index is 12.8. The van der Waals surface area contributed by atoms with E-state index in [0.717, 1.165) is 28.3 Å². The van der Waals surface area contributed by atoms with Gasteiger partial charge in [-0.05, 0) is 68.3 Å². The van der Waals surface area contributed by atoms with Gasteiger partial charge in [-0.3, -0.25) is 4.79 Å². The largest absolute Gasteiger partial charge is 0.497 e. The molecule has 156 valence electrons. The molecule has 0 radical (unpaired) electrons. The molecule has 1 atom stereocenters. The summed E-state index contributed by atoms with van der Waals surface area (Å²) in [6, 6.07) is 23.7. The first kappa shape index (κ1) is 21.4. The van der Waals surface area contributed by atoms with Gasteiger partial charge in [-0.2, -0.15) is 0 Å². The number of methoxy groups -OCH3 is 1. The fourth-order valence-corrected chi connectivity index (χ4v) is 3.35. The lowest BCUT2D eigenvalue weighted by Crippen LogP contribution is -2.16. The van der Waals surface area contributed by atoms with Crippen LogP contribution in [0.1, 0.15) is 42.9 Å². The first-order valence-electron chi connectivity index (χ1n) is 10.2. The third-order valence-electron chi connectivity index (χ3n) is 4.90. The highest BCUT2D eigenvalue weighted by atomic mass is 16.5. The Labute approximate surface area is 178 Å². The smallest absolute Gasteiger partial charge is 0.225 e. The highest BCUT2D eigenvalue weighted by Gasteiger charge is 2.19. The Kier molecular flexibility index (Phi) is 7.12. The molecule has 0 saturated carbocycles. The second kappa shape index (κ2) is 9.97. The van der Waals surface area contributed by atoms with Crippen molar-refractivity contribution in [3.8, 4) is 11.5 Å². The van der Waals surface area contributed by atoms with Gasteiger partial charge in [0.2, 0.25) is 5.91 Å². The van der Waals surface area contributed by atoms with E-state index >= 15 is 0 Å². The molecule has 0 aliphatic heterocycles. The summed E-state index contributed by atoms with van der Waals surface area (Å²) in [4.78, 5) is 12.8. The molecule has 0 aliphatic carbocycles. The number of amides is 1. The van der Waals surface area contributed by atoms with Crippen LogP contribution >= 0.6 is 0 Å². The number of benzene rings is 3. The molecule has 0 heterocycles. The number of hydrogen-bond acceptors (Lipinski definition) is 3. The van der Waals surface area contributed by atoms with Crippen molar-refractivity contribution >= 4 is 11.6 Å². The molecular formula is C26H29NO3. The minimum atomic E-state index is -0.0445. The maximum absolute atomic E-state index is 12.8. The van der Waals surface area contributed by atoms with Crippen molar-refractivity contribution in [2.24, 2.45) is 0 Å². The molecule has 1 N–H and O–H groups in total. The van der Waals surface area contributed by atoms with Gasteiger partial charge in [0.05, 0.1) is 13.2 Å². The van der Waals surface area contributed by atoms with E-state index in [2.05, 4.69) is 36.5 Å². The SMILES string of the molecule is COc1ccc(NC(=O)C[C@@H](c2ccc(C)cc2)c2ccc(OC(C)C)cc2)cc1. The summed E-state index contributed by atoms with van der Waals surface area (Å²) in [6.45, 7) is 6.08. The van der Waals surface area contributed by atoms with Crippen molar-refractivity contribution in [3.63, 3.8) is 0 Å². The molecule has 1 amide bonds. The predicted molar refractivity (Wildman–Crippen MR) is 121 cm³/mol. The molecule has 0 spiro atoms. The van der Waals surface area contributed by atoms with E-state index in [1.807, 2.05) is 62.4 Å². The van der Waals surface area contributed by atoms with Gasteiger partial charge in [-0.1, -0.05) is 42.0 Å². The van der Waals surface area contributed by atoms with Crippen molar-refractivity contribution in [1.82, 2.24) is 0 Å². The Morgan fingerprint density at radius 1 is 0.833 bits per heavy atom. The second-order valence-electron chi connectivity index (χ2n) is 7.68. The molecule has 0 fully saturated rings. The summed E-state index contributed by atoms with van der Waals surface area (Å²) >= 11 is 0. The Hall–Kier alpha value is -3.27. The van der Waals surface area contributed by atoms with Gasteiger partial charge in [0.1, 0.15) is 11.5 Å². The average molecular weight is 404 g/mol. The molecule has 4 nitrogen and oxygen atoms in total. The van der Waals surface area contributed by atoms with E-state index in [1.54, 1.807) is 7.11 Å². The standard InChI is InChI=1S/C26H29NO3/c1-18(2)30-24-13-9-21(10-14-24)25(20-7-5-19(3)6-8-20)17-26(28)27-22-11-15-23(29-4)16-12-22/h5-16,18,25H,17H2,1-4H3,(H,27,28)/t25-/m0/s1. The number of rotatable bonds is 8. The molecule has 0 bridgehead atoms. The molecule has 0 unspecified atom stereocenters. The fraction of sp³-hybridized carbons (Fsp3) is 0.269. The zero-order valence-corrected chi connectivity index (χ0v) is 18.0. The Morgan fingerprint density at radius 2 is 1.37 bits per heavy atom. The van der Waals surface area contributed by atoms with Crippen molar-refractivity contribution in [1.29, 1.82) is 0 Å². The highest BCUT2D eigenvalue weighted by molar-refractivity contribution is 5.91. The molecular weight excluding hydrogens is 374 g/mol. The summed E-state index contributed by atoms with van der Waals surface area (Å²) in [6.07, 6.45) is 0.471. The molecule has 3 aromatic rings. The minimum Gasteiger partial charge on any atom is -0.497 e. The predicted octanol–water partition coefficient (Wildman–Crippen LogP) is 5.95. The van der Waals surface area contributed by atoms with E-state index in [4.69, 9.17) is 9.47 Å². The van der Waals surface area contributed by atoms with Gasteiger partial charge in [0.25, 0.3) is 0 Å². The molecule has 3 aromatic carbocycles. The van der Waals surface area contributed by atoms with Crippen molar-refractivity contribution in [2.75, 3.05) is 12.4 Å². The lowest BCUT2D eigenvalue weighted by Gasteiger charge is -2.19. The highest BCUT2D eigenvalue weighted by Crippen LogP contribution is 2.30. The first-order valence-corrected chi connectivity index (χ1v) is 10.2. The van der Waals surface area contributed by atoms with Crippen LogP contribution in [0.15, 0.2) is 72.8 Å². The topological polar surface area (TPSA) is 47.6 Å². The van der Waals surface area contributed by atoms with Crippen LogP contribution in [0.3, 0.4) is 0 Å². The summed E-state index contributed by atoms with van der Waals surface area (Å²) in [5, 5.41) is 2.99. The van der Waals surface area contributed by atoms with Gasteiger partial charge >= 0.3 is 0 Å². The molecule has 0 saturated heterocycles. The van der Waals surface area contributed by atoms with E-state index in [0.29, 0.717) is 6.42 Å². The lowest BCUT2D eigenvalue weighted by molar-refractivity contribution is -0.116. The monoisotopic (exact) mass is 403 g/mol. The number of carbonyl (C=O) groups excluding carboxylic acids is 1. The van der Waals surface area contributed by atoms with Gasteiger partial charge in [-0.25, -0.2) is 0 Å². The van der Waals surface area contributed by atoms with Crippen molar-refractivity contribution in [3.05, 3.63) is 89.5 Å². The summed E-state index contributed by atoms with van der Waals surface area (Å²) in [7, 11) is 1.62. The third kappa shape index (κ3) is 5.86. The van der Waals surface area contributed by atoms with Crippen molar-refractivity contribution in [2.45, 2.75) is 39.2 Å². The number of carbonyl (C=O) groups is 1. The van der Waals surface area contributed by atoms with E-state index in [9.17, 15) is 4.79 Å². The van der Waals surface area contributed by atoms with Crippen molar-refractivity contribution < 1.29 is 14.3 Å². The zero-order chi connectivity index (χ0) is 21.5. The van der Waals surface area contributed by atoms with Crippen LogP contribution in [0.4, 0.5) is 5.69 Å². The molecule has 0 aliphatic rings. The Morgan fingerprint density at radius 3 is 1.90 bits per heavy atom. The quantitative estimate of drug-likeness (QED) is 0.505. The van der Waals surface area contributed by atoms with Gasteiger partial charge in [0.15, 0.2) is 0 Å². The average Bonchev–Trinajstić information content (AvgIpc) is 2.74. The maximum Gasteiger partial charge on any atom is 0.225 e. The van der Waals surface area contributed by atoms with E-state index < -0.39 is 0 Å². The normalized spacial score (nSPS) is 11.8. The number of ether oxygens (including phenoxy) is 2. The summed E-state index contributed by atoms with van der Waals surface area (Å²) < 4.78 is 10.9.